The van der Waals surface area contributed by atoms with Crippen LogP contribution in [0.4, 0.5) is 30.7 Å². The van der Waals surface area contributed by atoms with Crippen LogP contribution in [0.2, 0.25) is 0 Å². The highest BCUT2D eigenvalue weighted by Crippen LogP contribution is 2.34. The summed E-state index contributed by atoms with van der Waals surface area (Å²) in [4.78, 5) is 0. The average Bonchev–Trinajstić information content (AvgIpc) is 2.89. The van der Waals surface area contributed by atoms with Gasteiger partial charge in [-0.25, -0.2) is 17.6 Å². The molecule has 0 aromatic heterocycles. The van der Waals surface area contributed by atoms with Crippen LogP contribution in [0.25, 0.3) is 10.8 Å². The summed E-state index contributed by atoms with van der Waals surface area (Å²) in [5.41, 5.74) is -0.204. The molecule has 0 N–H and O–H groups in total. The highest BCUT2D eigenvalue weighted by molar-refractivity contribution is 5.84. The molecule has 1 nitrogen and oxygen atoms in total. The van der Waals surface area contributed by atoms with E-state index < -0.39 is 29.2 Å². The van der Waals surface area contributed by atoms with Gasteiger partial charge in [0.1, 0.15) is 34.6 Å². The average molecular weight is 563 g/mol. The van der Waals surface area contributed by atoms with E-state index in [4.69, 9.17) is 4.74 Å². The zero-order chi connectivity index (χ0) is 28.9. The molecule has 0 bridgehead atoms. The van der Waals surface area contributed by atoms with Crippen LogP contribution in [0, 0.1) is 23.3 Å². The minimum atomic E-state index is -5.14. The number of unbranched alkanes of at least 4 members (excludes halogenated alkanes) is 2. The first-order chi connectivity index (χ1) is 19.1. The molecule has 0 amide bonds. The maximum atomic E-state index is 15.2. The fourth-order valence-corrected chi connectivity index (χ4v) is 4.70. The molecule has 4 aromatic carbocycles. The lowest BCUT2D eigenvalue weighted by Gasteiger charge is -2.12. The van der Waals surface area contributed by atoms with E-state index in [0.29, 0.717) is 53.7 Å². The monoisotopic (exact) mass is 562 g/mol. The maximum Gasteiger partial charge on any atom is 0.422 e. The number of aryl methyl sites for hydroxylation is 4. The Kier molecular flexibility index (Phi) is 9.38. The van der Waals surface area contributed by atoms with Gasteiger partial charge in [-0.15, -0.1) is 0 Å². The molecule has 4 rings (SSSR count). The van der Waals surface area contributed by atoms with Gasteiger partial charge in [-0.2, -0.15) is 13.2 Å². The molecule has 0 saturated carbocycles. The second-order valence-electron chi connectivity index (χ2n) is 9.84. The SMILES string of the molecule is CCCCCOc1ccc(CCc2ccc3c(F)c(CCc4cc(F)c(C(F)(F)F)c(F)c4)ccc3c2)c(F)c1. The van der Waals surface area contributed by atoms with Crippen molar-refractivity contribution in [2.45, 2.75) is 58.0 Å². The first-order valence-electron chi connectivity index (χ1n) is 13.2. The third kappa shape index (κ3) is 7.14. The van der Waals surface area contributed by atoms with Gasteiger partial charge in [0.05, 0.1) is 6.61 Å². The van der Waals surface area contributed by atoms with Crippen molar-refractivity contribution in [1.82, 2.24) is 0 Å². The van der Waals surface area contributed by atoms with E-state index in [1.54, 1.807) is 36.4 Å². The maximum absolute atomic E-state index is 15.2. The first kappa shape index (κ1) is 29.4. The Morgan fingerprint density at radius 3 is 2.00 bits per heavy atom. The fraction of sp³-hybridized carbons (Fsp3) is 0.312. The van der Waals surface area contributed by atoms with Gasteiger partial charge >= 0.3 is 6.18 Å². The van der Waals surface area contributed by atoms with E-state index >= 15 is 4.39 Å². The van der Waals surface area contributed by atoms with Gasteiger partial charge in [0, 0.05) is 11.5 Å². The lowest BCUT2D eigenvalue weighted by Crippen LogP contribution is -2.12. The van der Waals surface area contributed by atoms with Crippen LogP contribution < -0.4 is 4.74 Å². The van der Waals surface area contributed by atoms with Gasteiger partial charge in [0.2, 0.25) is 0 Å². The van der Waals surface area contributed by atoms with Crippen molar-refractivity contribution in [3.05, 3.63) is 112 Å². The fourth-order valence-electron chi connectivity index (χ4n) is 4.70. The van der Waals surface area contributed by atoms with Crippen molar-refractivity contribution >= 4 is 10.8 Å². The molecule has 0 aliphatic rings. The number of halogens is 7. The Labute approximate surface area is 228 Å². The normalized spacial score (nSPS) is 11.8. The zero-order valence-corrected chi connectivity index (χ0v) is 22.0. The Bertz CT molecular complexity index is 1450. The number of rotatable bonds is 11. The summed E-state index contributed by atoms with van der Waals surface area (Å²) in [5.74, 6) is -3.72. The van der Waals surface area contributed by atoms with Crippen molar-refractivity contribution < 1.29 is 35.5 Å². The molecule has 0 heterocycles. The van der Waals surface area contributed by atoms with E-state index in [2.05, 4.69) is 6.92 Å². The topological polar surface area (TPSA) is 9.23 Å². The highest BCUT2D eigenvalue weighted by atomic mass is 19.4. The predicted molar refractivity (Wildman–Crippen MR) is 142 cm³/mol. The van der Waals surface area contributed by atoms with Crippen LogP contribution >= 0.6 is 0 Å². The van der Waals surface area contributed by atoms with E-state index in [9.17, 15) is 26.3 Å². The molecule has 0 aliphatic carbocycles. The molecular formula is C32H29F7O. The number of alkyl halides is 3. The van der Waals surface area contributed by atoms with Crippen LogP contribution in [0.5, 0.6) is 5.75 Å². The van der Waals surface area contributed by atoms with Crippen molar-refractivity contribution in [2.75, 3.05) is 6.61 Å². The molecule has 0 unspecified atom stereocenters. The Balaban J connectivity index is 1.40. The third-order valence-electron chi connectivity index (χ3n) is 6.89. The number of hydrogen-bond acceptors (Lipinski definition) is 1. The number of fused-ring (bicyclic) bond motifs is 1. The van der Waals surface area contributed by atoms with Gasteiger partial charge in [0.25, 0.3) is 0 Å². The van der Waals surface area contributed by atoms with Crippen molar-refractivity contribution in [1.29, 1.82) is 0 Å². The molecular weight excluding hydrogens is 533 g/mol. The van der Waals surface area contributed by atoms with E-state index in [1.807, 2.05) is 6.07 Å². The minimum Gasteiger partial charge on any atom is -0.493 e. The van der Waals surface area contributed by atoms with Gasteiger partial charge in [-0.1, -0.05) is 56.2 Å². The van der Waals surface area contributed by atoms with Crippen LogP contribution in [0.1, 0.15) is 54.0 Å². The molecule has 0 atom stereocenters. The van der Waals surface area contributed by atoms with Crippen molar-refractivity contribution in [3.63, 3.8) is 0 Å². The standard InChI is InChI=1S/C32H29F7O/c1-2-3-4-15-40-25-13-12-22(27(33)19-25)8-5-20-7-14-26-24(16-20)11-10-23(31(26)36)9-6-21-17-28(34)30(29(35)18-21)32(37,38)39/h7,10-14,16-19H,2-6,8-9,15H2,1H3. The molecule has 0 aliphatic heterocycles. The second-order valence-corrected chi connectivity index (χ2v) is 9.84. The molecule has 212 valence electrons. The Morgan fingerprint density at radius 1 is 0.650 bits per heavy atom. The van der Waals surface area contributed by atoms with Crippen molar-refractivity contribution in [3.8, 4) is 5.75 Å². The molecule has 0 saturated heterocycles. The van der Waals surface area contributed by atoms with E-state index in [-0.39, 0.29) is 29.8 Å². The second kappa shape index (κ2) is 12.7. The van der Waals surface area contributed by atoms with Gasteiger partial charge in [0.15, 0.2) is 0 Å². The molecule has 4 aromatic rings. The quantitative estimate of drug-likeness (QED) is 0.131. The largest absolute Gasteiger partial charge is 0.493 e. The molecule has 40 heavy (non-hydrogen) atoms. The summed E-state index contributed by atoms with van der Waals surface area (Å²) in [7, 11) is 0. The lowest BCUT2D eigenvalue weighted by atomic mass is 9.97. The third-order valence-corrected chi connectivity index (χ3v) is 6.89. The van der Waals surface area contributed by atoms with Crippen LogP contribution in [-0.4, -0.2) is 6.61 Å². The first-order valence-corrected chi connectivity index (χ1v) is 13.2. The van der Waals surface area contributed by atoms with Gasteiger partial charge < -0.3 is 4.74 Å². The molecule has 0 radical (unpaired) electrons. The Hall–Kier alpha value is -3.55. The minimum absolute atomic E-state index is 0.00108. The smallest absolute Gasteiger partial charge is 0.422 e. The number of hydrogen-bond donors (Lipinski definition) is 0. The summed E-state index contributed by atoms with van der Waals surface area (Å²) in [6, 6.07) is 14.6. The van der Waals surface area contributed by atoms with E-state index in [1.165, 1.54) is 6.07 Å². The zero-order valence-electron chi connectivity index (χ0n) is 22.0. The van der Waals surface area contributed by atoms with Crippen LogP contribution in [-0.2, 0) is 31.9 Å². The predicted octanol–water partition coefficient (Wildman–Crippen LogP) is 9.55. The number of benzene rings is 4. The van der Waals surface area contributed by atoms with Crippen LogP contribution in [0.15, 0.2) is 60.7 Å². The van der Waals surface area contributed by atoms with Crippen LogP contribution in [0.3, 0.4) is 0 Å². The number of ether oxygens (including phenoxy) is 1. The molecule has 0 fully saturated rings. The summed E-state index contributed by atoms with van der Waals surface area (Å²) >= 11 is 0. The van der Waals surface area contributed by atoms with Gasteiger partial charge in [-0.3, -0.25) is 0 Å². The molecule has 0 spiro atoms. The lowest BCUT2D eigenvalue weighted by molar-refractivity contribution is -0.142. The molecule has 8 heteroatoms. The highest BCUT2D eigenvalue weighted by Gasteiger charge is 2.37. The van der Waals surface area contributed by atoms with Crippen molar-refractivity contribution in [2.24, 2.45) is 0 Å². The summed E-state index contributed by atoms with van der Waals surface area (Å²) in [5, 5.41) is 0.989. The summed E-state index contributed by atoms with van der Waals surface area (Å²) in [6.07, 6.45) is -1.09. The summed E-state index contributed by atoms with van der Waals surface area (Å²) in [6.45, 7) is 2.65. The Morgan fingerprint density at radius 2 is 1.32 bits per heavy atom. The summed E-state index contributed by atoms with van der Waals surface area (Å²) < 4.78 is 102. The van der Waals surface area contributed by atoms with E-state index in [0.717, 1.165) is 24.8 Å². The van der Waals surface area contributed by atoms with Gasteiger partial charge in [-0.05, 0) is 77.9 Å².